The van der Waals surface area contributed by atoms with Gasteiger partial charge in [0.2, 0.25) is 0 Å². The monoisotopic (exact) mass is 245 g/mol. The number of methoxy groups -OCH3 is 1. The molecule has 1 saturated carbocycles. The van der Waals surface area contributed by atoms with Crippen LogP contribution in [0.5, 0.6) is 0 Å². The lowest BCUT2D eigenvalue weighted by Crippen LogP contribution is -2.61. The SMILES string of the molecule is COC1CC(NCC2Cc3ccccc32)C1(C)C. The van der Waals surface area contributed by atoms with Gasteiger partial charge in [-0.3, -0.25) is 0 Å². The van der Waals surface area contributed by atoms with E-state index in [1.54, 1.807) is 5.56 Å². The van der Waals surface area contributed by atoms with Gasteiger partial charge in [0.1, 0.15) is 0 Å². The van der Waals surface area contributed by atoms with Gasteiger partial charge in [0.15, 0.2) is 0 Å². The number of rotatable bonds is 4. The zero-order valence-corrected chi connectivity index (χ0v) is 11.6. The van der Waals surface area contributed by atoms with Crippen LogP contribution >= 0.6 is 0 Å². The summed E-state index contributed by atoms with van der Waals surface area (Å²) < 4.78 is 5.50. The average molecular weight is 245 g/mol. The molecular formula is C16H23NO. The Balaban J connectivity index is 1.53. The van der Waals surface area contributed by atoms with Gasteiger partial charge in [-0.2, -0.15) is 0 Å². The normalized spacial score (nSPS) is 32.3. The molecule has 0 saturated heterocycles. The standard InChI is InChI=1S/C16H23NO/c1-16(2)14(9-15(16)18-3)17-10-12-8-11-6-4-5-7-13(11)12/h4-7,12,14-15,17H,8-10H2,1-3H3. The van der Waals surface area contributed by atoms with Gasteiger partial charge in [-0.25, -0.2) is 0 Å². The molecule has 0 amide bonds. The molecule has 0 radical (unpaired) electrons. The molecule has 3 unspecified atom stereocenters. The number of nitrogens with one attached hydrogen (secondary N) is 1. The van der Waals surface area contributed by atoms with E-state index in [4.69, 9.17) is 4.74 Å². The summed E-state index contributed by atoms with van der Waals surface area (Å²) in [5.74, 6) is 0.721. The van der Waals surface area contributed by atoms with Gasteiger partial charge in [-0.1, -0.05) is 38.1 Å². The molecule has 0 bridgehead atoms. The van der Waals surface area contributed by atoms with Crippen LogP contribution in [-0.4, -0.2) is 25.8 Å². The predicted molar refractivity (Wildman–Crippen MR) is 73.9 cm³/mol. The Hall–Kier alpha value is -0.860. The van der Waals surface area contributed by atoms with E-state index in [0.29, 0.717) is 12.1 Å². The van der Waals surface area contributed by atoms with Crippen molar-refractivity contribution in [3.05, 3.63) is 35.4 Å². The Morgan fingerprint density at radius 1 is 1.33 bits per heavy atom. The van der Waals surface area contributed by atoms with Crippen LogP contribution in [0, 0.1) is 5.41 Å². The van der Waals surface area contributed by atoms with Crippen molar-refractivity contribution >= 4 is 0 Å². The van der Waals surface area contributed by atoms with E-state index in [0.717, 1.165) is 18.9 Å². The topological polar surface area (TPSA) is 21.3 Å². The highest BCUT2D eigenvalue weighted by Crippen LogP contribution is 2.43. The van der Waals surface area contributed by atoms with Crippen molar-refractivity contribution in [3.63, 3.8) is 0 Å². The molecule has 98 valence electrons. The third-order valence-corrected chi connectivity index (χ3v) is 5.03. The Kier molecular flexibility index (Phi) is 2.95. The molecule has 2 aliphatic carbocycles. The van der Waals surface area contributed by atoms with E-state index in [9.17, 15) is 0 Å². The minimum atomic E-state index is 0.276. The molecule has 18 heavy (non-hydrogen) atoms. The van der Waals surface area contributed by atoms with Gasteiger partial charge in [-0.15, -0.1) is 0 Å². The maximum Gasteiger partial charge on any atom is 0.0652 e. The number of ether oxygens (including phenoxy) is 1. The molecule has 1 N–H and O–H groups in total. The summed E-state index contributed by atoms with van der Waals surface area (Å²) in [7, 11) is 1.82. The summed E-state index contributed by atoms with van der Waals surface area (Å²) in [4.78, 5) is 0. The third-order valence-electron chi connectivity index (χ3n) is 5.03. The Bertz CT molecular complexity index is 440. The van der Waals surface area contributed by atoms with Crippen LogP contribution in [0.3, 0.4) is 0 Å². The van der Waals surface area contributed by atoms with Crippen LogP contribution in [0.15, 0.2) is 24.3 Å². The van der Waals surface area contributed by atoms with E-state index < -0.39 is 0 Å². The van der Waals surface area contributed by atoms with Crippen LogP contribution in [0.1, 0.15) is 37.3 Å². The molecule has 0 aliphatic heterocycles. The minimum Gasteiger partial charge on any atom is -0.381 e. The molecule has 2 heteroatoms. The van der Waals surface area contributed by atoms with E-state index in [2.05, 4.69) is 43.4 Å². The minimum absolute atomic E-state index is 0.276. The second-order valence-corrected chi connectivity index (χ2v) is 6.34. The fraction of sp³-hybridized carbons (Fsp3) is 0.625. The van der Waals surface area contributed by atoms with E-state index in [1.807, 2.05) is 7.11 Å². The molecule has 2 aliphatic rings. The second-order valence-electron chi connectivity index (χ2n) is 6.34. The van der Waals surface area contributed by atoms with Gasteiger partial charge < -0.3 is 10.1 Å². The number of benzene rings is 1. The fourth-order valence-corrected chi connectivity index (χ4v) is 3.46. The largest absolute Gasteiger partial charge is 0.381 e. The first-order valence-corrected chi connectivity index (χ1v) is 6.97. The molecule has 1 fully saturated rings. The van der Waals surface area contributed by atoms with Crippen LogP contribution in [-0.2, 0) is 11.2 Å². The Labute approximate surface area is 110 Å². The van der Waals surface area contributed by atoms with Crippen molar-refractivity contribution in [2.45, 2.75) is 44.8 Å². The number of hydrogen-bond donors (Lipinski definition) is 1. The van der Waals surface area contributed by atoms with Gasteiger partial charge in [0.05, 0.1) is 6.10 Å². The van der Waals surface area contributed by atoms with Gasteiger partial charge in [-0.05, 0) is 24.0 Å². The van der Waals surface area contributed by atoms with Crippen molar-refractivity contribution in [3.8, 4) is 0 Å². The Morgan fingerprint density at radius 2 is 2.11 bits per heavy atom. The molecule has 1 aromatic carbocycles. The maximum atomic E-state index is 5.50. The lowest BCUT2D eigenvalue weighted by molar-refractivity contribution is -0.0976. The van der Waals surface area contributed by atoms with Gasteiger partial charge >= 0.3 is 0 Å². The zero-order chi connectivity index (χ0) is 12.8. The highest BCUT2D eigenvalue weighted by molar-refractivity contribution is 5.40. The predicted octanol–water partition coefficient (Wildman–Crippen LogP) is 2.73. The summed E-state index contributed by atoms with van der Waals surface area (Å²) in [6, 6.07) is 9.42. The highest BCUT2D eigenvalue weighted by Gasteiger charge is 2.48. The van der Waals surface area contributed by atoms with Gasteiger partial charge in [0, 0.05) is 31.0 Å². The molecule has 0 aromatic heterocycles. The summed E-state index contributed by atoms with van der Waals surface area (Å²) >= 11 is 0. The molecule has 3 rings (SSSR count). The lowest BCUT2D eigenvalue weighted by Gasteiger charge is -2.52. The van der Waals surface area contributed by atoms with Crippen LogP contribution in [0.25, 0.3) is 0 Å². The maximum absolute atomic E-state index is 5.50. The molecular weight excluding hydrogens is 222 g/mol. The van der Waals surface area contributed by atoms with Crippen molar-refractivity contribution in [1.29, 1.82) is 0 Å². The molecule has 0 heterocycles. The van der Waals surface area contributed by atoms with Crippen molar-refractivity contribution in [1.82, 2.24) is 5.32 Å². The summed E-state index contributed by atoms with van der Waals surface area (Å²) in [6.07, 6.45) is 2.81. The van der Waals surface area contributed by atoms with E-state index in [1.165, 1.54) is 12.0 Å². The molecule has 2 nitrogen and oxygen atoms in total. The second kappa shape index (κ2) is 4.36. The Morgan fingerprint density at radius 3 is 2.78 bits per heavy atom. The smallest absolute Gasteiger partial charge is 0.0652 e. The number of hydrogen-bond acceptors (Lipinski definition) is 2. The van der Waals surface area contributed by atoms with Crippen molar-refractivity contribution in [2.24, 2.45) is 5.41 Å². The van der Waals surface area contributed by atoms with Crippen molar-refractivity contribution < 1.29 is 4.74 Å². The summed E-state index contributed by atoms with van der Waals surface area (Å²) in [5.41, 5.74) is 3.36. The van der Waals surface area contributed by atoms with Crippen LogP contribution in [0.2, 0.25) is 0 Å². The third kappa shape index (κ3) is 1.79. The first-order valence-electron chi connectivity index (χ1n) is 6.97. The van der Waals surface area contributed by atoms with Crippen LogP contribution < -0.4 is 5.32 Å². The lowest BCUT2D eigenvalue weighted by atomic mass is 9.64. The quantitative estimate of drug-likeness (QED) is 0.880. The average Bonchev–Trinajstić information content (AvgIpc) is 2.33. The number of fused-ring (bicyclic) bond motifs is 1. The van der Waals surface area contributed by atoms with E-state index >= 15 is 0 Å². The highest BCUT2D eigenvalue weighted by atomic mass is 16.5. The fourth-order valence-electron chi connectivity index (χ4n) is 3.46. The molecule has 3 atom stereocenters. The van der Waals surface area contributed by atoms with E-state index in [-0.39, 0.29) is 5.41 Å². The van der Waals surface area contributed by atoms with Crippen molar-refractivity contribution in [2.75, 3.05) is 13.7 Å². The van der Waals surface area contributed by atoms with Crippen LogP contribution in [0.4, 0.5) is 0 Å². The van der Waals surface area contributed by atoms with Gasteiger partial charge in [0.25, 0.3) is 0 Å². The zero-order valence-electron chi connectivity index (χ0n) is 11.6. The molecule has 1 aromatic rings. The summed E-state index contributed by atoms with van der Waals surface area (Å²) in [6.45, 7) is 5.72. The first kappa shape index (κ1) is 12.2. The summed E-state index contributed by atoms with van der Waals surface area (Å²) in [5, 5.41) is 3.74. The first-order chi connectivity index (χ1) is 8.63. The molecule has 0 spiro atoms.